The predicted molar refractivity (Wildman–Crippen MR) is 125 cm³/mol. The first-order valence-corrected chi connectivity index (χ1v) is 11.1. The van der Waals surface area contributed by atoms with Gasteiger partial charge in [-0.3, -0.25) is 9.59 Å². The average Bonchev–Trinajstić information content (AvgIpc) is 3.23. The third-order valence-corrected chi connectivity index (χ3v) is 5.42. The molecule has 0 radical (unpaired) electrons. The van der Waals surface area contributed by atoms with E-state index < -0.39 is 40.8 Å². The molecule has 2 N–H and O–H groups in total. The van der Waals surface area contributed by atoms with Gasteiger partial charge in [0.05, 0.1) is 6.04 Å². The van der Waals surface area contributed by atoms with E-state index in [4.69, 9.17) is 4.74 Å². The molecule has 8 heteroatoms. The Kier molecular flexibility index (Phi) is 8.41. The second kappa shape index (κ2) is 10.6. The van der Waals surface area contributed by atoms with Crippen LogP contribution >= 0.6 is 0 Å². The Morgan fingerprint density at radius 1 is 1.03 bits per heavy atom. The van der Waals surface area contributed by atoms with Gasteiger partial charge < -0.3 is 25.1 Å². The number of alkyl carbamates (subject to hydrolysis) is 1. The van der Waals surface area contributed by atoms with Crippen LogP contribution in [0.2, 0.25) is 0 Å². The zero-order chi connectivity index (χ0) is 24.8. The van der Waals surface area contributed by atoms with Crippen molar-refractivity contribution in [1.82, 2.24) is 15.5 Å². The van der Waals surface area contributed by atoms with Gasteiger partial charge in [-0.15, -0.1) is 0 Å². The molecule has 0 saturated heterocycles. The van der Waals surface area contributed by atoms with Gasteiger partial charge in [0, 0.05) is 6.54 Å². The van der Waals surface area contributed by atoms with Crippen molar-refractivity contribution in [3.63, 3.8) is 0 Å². The predicted octanol–water partition coefficient (Wildman–Crippen LogP) is 3.17. The molecule has 1 aromatic carbocycles. The summed E-state index contributed by atoms with van der Waals surface area (Å²) in [4.78, 5) is 51.6. The first-order valence-electron chi connectivity index (χ1n) is 11.1. The summed E-state index contributed by atoms with van der Waals surface area (Å²) in [5.74, 6) is -0.899. The molecule has 1 aromatic rings. The molecule has 1 aliphatic rings. The molecule has 0 aliphatic carbocycles. The van der Waals surface area contributed by atoms with Gasteiger partial charge >= 0.3 is 6.09 Å². The Labute approximate surface area is 195 Å². The van der Waals surface area contributed by atoms with Gasteiger partial charge in [0.25, 0.3) is 5.91 Å². The van der Waals surface area contributed by atoms with Gasteiger partial charge in [-0.1, -0.05) is 78.0 Å². The van der Waals surface area contributed by atoms with Crippen molar-refractivity contribution in [1.29, 1.82) is 0 Å². The molecule has 3 amide bonds. The fourth-order valence-electron chi connectivity index (χ4n) is 3.36. The molecule has 0 saturated carbocycles. The fourth-order valence-corrected chi connectivity index (χ4v) is 3.36. The van der Waals surface area contributed by atoms with E-state index >= 15 is 0 Å². The average molecular weight is 458 g/mol. The van der Waals surface area contributed by atoms with E-state index in [-0.39, 0.29) is 12.3 Å². The van der Waals surface area contributed by atoms with Crippen molar-refractivity contribution in [3.05, 3.63) is 47.7 Å². The lowest BCUT2D eigenvalue weighted by atomic mass is 9.85. The lowest BCUT2D eigenvalue weighted by Crippen LogP contribution is -2.55. The van der Waals surface area contributed by atoms with Gasteiger partial charge in [-0.2, -0.15) is 0 Å². The molecule has 2 atom stereocenters. The number of benzene rings is 1. The molecule has 0 fully saturated rings. The van der Waals surface area contributed by atoms with Crippen molar-refractivity contribution < 1.29 is 23.9 Å². The van der Waals surface area contributed by atoms with Crippen molar-refractivity contribution in [3.8, 4) is 0 Å². The van der Waals surface area contributed by atoms with E-state index in [0.29, 0.717) is 19.3 Å². The van der Waals surface area contributed by atoms with Crippen molar-refractivity contribution in [2.75, 3.05) is 6.54 Å². The molecule has 0 bridgehead atoms. The molecule has 180 valence electrons. The van der Waals surface area contributed by atoms with Gasteiger partial charge in [-0.05, 0) is 22.8 Å². The Hall–Kier alpha value is -3.16. The monoisotopic (exact) mass is 457 g/mol. The Morgan fingerprint density at radius 3 is 2.21 bits per heavy atom. The van der Waals surface area contributed by atoms with E-state index in [1.165, 1.54) is 4.90 Å². The zero-order valence-electron chi connectivity index (χ0n) is 20.3. The van der Waals surface area contributed by atoms with Crippen LogP contribution in [0, 0.1) is 10.8 Å². The smallest absolute Gasteiger partial charge is 0.408 e. The first-order chi connectivity index (χ1) is 15.3. The van der Waals surface area contributed by atoms with Crippen molar-refractivity contribution >= 4 is 24.2 Å². The number of ether oxygens (including phenoxy) is 1. The van der Waals surface area contributed by atoms with Crippen molar-refractivity contribution in [2.45, 2.75) is 66.7 Å². The highest BCUT2D eigenvalue weighted by Crippen LogP contribution is 2.26. The number of rotatable bonds is 7. The number of aldehydes is 1. The van der Waals surface area contributed by atoms with Gasteiger partial charge in [0.1, 0.15) is 24.6 Å². The first kappa shape index (κ1) is 26.1. The summed E-state index contributed by atoms with van der Waals surface area (Å²) in [5.41, 5.74) is -0.0891. The summed E-state index contributed by atoms with van der Waals surface area (Å²) < 4.78 is 5.29. The minimum atomic E-state index is -0.917. The lowest BCUT2D eigenvalue weighted by Gasteiger charge is -2.34. The van der Waals surface area contributed by atoms with Gasteiger partial charge in [0.15, 0.2) is 0 Å². The summed E-state index contributed by atoms with van der Waals surface area (Å²) in [5, 5.41) is 5.38. The van der Waals surface area contributed by atoms with Crippen LogP contribution in [0.15, 0.2) is 42.1 Å². The topological polar surface area (TPSA) is 105 Å². The van der Waals surface area contributed by atoms with E-state index in [0.717, 1.165) is 5.56 Å². The summed E-state index contributed by atoms with van der Waals surface area (Å²) in [6.07, 6.45) is 2.16. The number of carbonyl (C=O) groups is 4. The van der Waals surface area contributed by atoms with Crippen LogP contribution in [0.3, 0.4) is 0 Å². The summed E-state index contributed by atoms with van der Waals surface area (Å²) in [6, 6.07) is 7.62. The van der Waals surface area contributed by atoms with Gasteiger partial charge in [-0.25, -0.2) is 4.79 Å². The SMILES string of the molecule is CC(C)(C)[C@H](NC(=O)OCc1ccccc1)C(=O)N1CCC=C1C(=O)N[C@H](C=O)C(C)(C)C. The standard InChI is InChI=1S/C25H35N3O5/c1-24(2,3)19(15-29)26-21(30)18-13-10-14-28(18)22(31)20(25(4,5)6)27-23(32)33-16-17-11-8-7-9-12-17/h7-9,11-13,15,19-20H,10,14,16H2,1-6H3,(H,26,30)(H,27,32)/t19-,20-/m1/s1. The minimum absolute atomic E-state index is 0.0783. The maximum absolute atomic E-state index is 13.4. The lowest BCUT2D eigenvalue weighted by molar-refractivity contribution is -0.136. The van der Waals surface area contributed by atoms with Crippen LogP contribution < -0.4 is 10.6 Å². The highest BCUT2D eigenvalue weighted by atomic mass is 16.5. The maximum Gasteiger partial charge on any atom is 0.408 e. The van der Waals surface area contributed by atoms with E-state index in [9.17, 15) is 19.2 Å². The molecule has 0 spiro atoms. The van der Waals surface area contributed by atoms with Crippen molar-refractivity contribution in [2.24, 2.45) is 10.8 Å². The Balaban J connectivity index is 2.11. The highest BCUT2D eigenvalue weighted by Gasteiger charge is 2.40. The van der Waals surface area contributed by atoms with Crippen LogP contribution in [-0.4, -0.2) is 47.7 Å². The normalized spacial score (nSPS) is 15.8. The van der Waals surface area contributed by atoms with Crippen LogP contribution in [-0.2, 0) is 25.7 Å². The van der Waals surface area contributed by atoms with E-state index in [1.54, 1.807) is 6.08 Å². The molecule has 33 heavy (non-hydrogen) atoms. The second-order valence-corrected chi connectivity index (χ2v) is 10.3. The molecule has 0 unspecified atom stereocenters. The third-order valence-electron chi connectivity index (χ3n) is 5.42. The molecule has 8 nitrogen and oxygen atoms in total. The largest absolute Gasteiger partial charge is 0.445 e. The maximum atomic E-state index is 13.4. The molecular weight excluding hydrogens is 422 g/mol. The molecule has 0 aromatic heterocycles. The fraction of sp³-hybridized carbons (Fsp3) is 0.520. The Morgan fingerprint density at radius 2 is 1.67 bits per heavy atom. The van der Waals surface area contributed by atoms with E-state index in [1.807, 2.05) is 71.9 Å². The summed E-state index contributed by atoms with van der Waals surface area (Å²) >= 11 is 0. The molecule has 1 heterocycles. The quantitative estimate of drug-likeness (QED) is 0.612. The minimum Gasteiger partial charge on any atom is -0.445 e. The summed E-state index contributed by atoms with van der Waals surface area (Å²) in [7, 11) is 0. The second-order valence-electron chi connectivity index (χ2n) is 10.3. The van der Waals surface area contributed by atoms with Crippen LogP contribution in [0.5, 0.6) is 0 Å². The van der Waals surface area contributed by atoms with Crippen LogP contribution in [0.4, 0.5) is 4.79 Å². The zero-order valence-corrected chi connectivity index (χ0v) is 20.3. The number of carbonyl (C=O) groups excluding carboxylic acids is 4. The van der Waals surface area contributed by atoms with Crippen LogP contribution in [0.1, 0.15) is 53.5 Å². The van der Waals surface area contributed by atoms with Crippen LogP contribution in [0.25, 0.3) is 0 Å². The number of hydrogen-bond acceptors (Lipinski definition) is 5. The molecular formula is C25H35N3O5. The Bertz CT molecular complexity index is 897. The molecule has 2 rings (SSSR count). The van der Waals surface area contributed by atoms with E-state index in [2.05, 4.69) is 10.6 Å². The highest BCUT2D eigenvalue weighted by molar-refractivity contribution is 6.00. The van der Waals surface area contributed by atoms with Gasteiger partial charge in [0.2, 0.25) is 5.91 Å². The number of nitrogens with zero attached hydrogens (tertiary/aromatic N) is 1. The number of nitrogens with one attached hydrogen (secondary N) is 2. The third kappa shape index (κ3) is 7.17. The number of hydrogen-bond donors (Lipinski definition) is 2. The molecule has 1 aliphatic heterocycles. The number of amides is 3. The summed E-state index contributed by atoms with van der Waals surface area (Å²) in [6.45, 7) is 11.4.